The van der Waals surface area contributed by atoms with Gasteiger partial charge >= 0.3 is 6.61 Å². The molecule has 1 saturated carbocycles. The molecule has 1 N–H and O–H groups in total. The number of nitrogens with zero attached hydrogens (tertiary/aromatic N) is 2. The Morgan fingerprint density at radius 3 is 2.76 bits per heavy atom. The number of carbonyl (C=O) groups is 1. The molecule has 29 heavy (non-hydrogen) atoms. The molecule has 4 rings (SSSR count). The lowest BCUT2D eigenvalue weighted by Crippen LogP contribution is -2.33. The van der Waals surface area contributed by atoms with Crippen molar-refractivity contribution in [3.63, 3.8) is 0 Å². The predicted octanol–water partition coefficient (Wildman–Crippen LogP) is 4.37. The van der Waals surface area contributed by atoms with E-state index in [1.165, 1.54) is 6.07 Å². The standard InChI is InChI=1S/C21H21F2N3O3/c1-2-28-18-11-13(7-10-17(18)29-21(22)23)12-26(14-8-9-14)20(27)19-15-5-3-4-6-16(15)24-25-19/h3-7,10-11,14,21H,2,8-9,12H2,1H3,(H,24,25). The monoisotopic (exact) mass is 401 g/mol. The zero-order valence-corrected chi connectivity index (χ0v) is 15.9. The number of rotatable bonds is 8. The van der Waals surface area contributed by atoms with E-state index in [0.29, 0.717) is 18.8 Å². The number of amides is 1. The summed E-state index contributed by atoms with van der Waals surface area (Å²) >= 11 is 0. The Labute approximate surface area is 166 Å². The van der Waals surface area contributed by atoms with Gasteiger partial charge in [0.1, 0.15) is 0 Å². The summed E-state index contributed by atoms with van der Waals surface area (Å²) in [5, 5.41) is 7.89. The molecule has 1 aliphatic carbocycles. The number of carbonyl (C=O) groups excluding carboxylic acids is 1. The second-order valence-electron chi connectivity index (χ2n) is 6.87. The lowest BCUT2D eigenvalue weighted by atomic mass is 10.1. The number of fused-ring (bicyclic) bond motifs is 1. The zero-order valence-electron chi connectivity index (χ0n) is 15.9. The van der Waals surface area contributed by atoms with E-state index >= 15 is 0 Å². The first-order valence-electron chi connectivity index (χ1n) is 9.51. The fourth-order valence-electron chi connectivity index (χ4n) is 3.32. The van der Waals surface area contributed by atoms with E-state index < -0.39 is 6.61 Å². The molecule has 1 amide bonds. The molecule has 6 nitrogen and oxygen atoms in total. The van der Waals surface area contributed by atoms with Crippen LogP contribution >= 0.6 is 0 Å². The van der Waals surface area contributed by atoms with Crippen molar-refractivity contribution in [2.75, 3.05) is 6.61 Å². The summed E-state index contributed by atoms with van der Waals surface area (Å²) in [6.45, 7) is -0.521. The quantitative estimate of drug-likeness (QED) is 0.609. The Morgan fingerprint density at radius 2 is 2.03 bits per heavy atom. The number of H-pyrrole nitrogens is 1. The third-order valence-corrected chi connectivity index (χ3v) is 4.80. The predicted molar refractivity (Wildman–Crippen MR) is 103 cm³/mol. The van der Waals surface area contributed by atoms with Gasteiger partial charge < -0.3 is 14.4 Å². The lowest BCUT2D eigenvalue weighted by molar-refractivity contribution is -0.0514. The molecule has 2 aromatic carbocycles. The summed E-state index contributed by atoms with van der Waals surface area (Å²) in [7, 11) is 0. The van der Waals surface area contributed by atoms with E-state index in [0.717, 1.165) is 29.3 Å². The summed E-state index contributed by atoms with van der Waals surface area (Å²) in [6.07, 6.45) is 1.86. The number of para-hydroxylation sites is 1. The number of hydrogen-bond acceptors (Lipinski definition) is 4. The number of ether oxygens (including phenoxy) is 2. The zero-order chi connectivity index (χ0) is 20.4. The molecule has 3 aromatic rings. The van der Waals surface area contributed by atoms with Crippen LogP contribution in [0.15, 0.2) is 42.5 Å². The van der Waals surface area contributed by atoms with Crippen LogP contribution in [0.25, 0.3) is 10.9 Å². The molecule has 152 valence electrons. The van der Waals surface area contributed by atoms with Gasteiger partial charge in [0.25, 0.3) is 5.91 Å². The van der Waals surface area contributed by atoms with Gasteiger partial charge in [0.05, 0.1) is 12.1 Å². The van der Waals surface area contributed by atoms with E-state index in [9.17, 15) is 13.6 Å². The first kappa shape index (κ1) is 19.2. The summed E-state index contributed by atoms with van der Waals surface area (Å²) < 4.78 is 35.2. The molecule has 1 aliphatic rings. The Morgan fingerprint density at radius 1 is 1.24 bits per heavy atom. The number of nitrogens with one attached hydrogen (secondary N) is 1. The van der Waals surface area contributed by atoms with E-state index in [4.69, 9.17) is 4.74 Å². The van der Waals surface area contributed by atoms with Crippen LogP contribution in [0.5, 0.6) is 11.5 Å². The van der Waals surface area contributed by atoms with Crippen LogP contribution in [0.2, 0.25) is 0 Å². The molecule has 1 aromatic heterocycles. The fourth-order valence-corrected chi connectivity index (χ4v) is 3.32. The number of hydrogen-bond donors (Lipinski definition) is 1. The molecular formula is C21H21F2N3O3. The number of aromatic amines is 1. The van der Waals surface area contributed by atoms with Crippen LogP contribution in [0, 0.1) is 0 Å². The van der Waals surface area contributed by atoms with Gasteiger partial charge in [0, 0.05) is 18.0 Å². The fraction of sp³-hybridized carbons (Fsp3) is 0.333. The highest BCUT2D eigenvalue weighted by Gasteiger charge is 2.34. The first-order chi connectivity index (χ1) is 14.1. The van der Waals surface area contributed by atoms with Crippen LogP contribution in [-0.2, 0) is 6.54 Å². The minimum Gasteiger partial charge on any atom is -0.490 e. The second-order valence-corrected chi connectivity index (χ2v) is 6.87. The van der Waals surface area contributed by atoms with Crippen molar-refractivity contribution in [1.29, 1.82) is 0 Å². The first-order valence-corrected chi connectivity index (χ1v) is 9.51. The minimum atomic E-state index is -2.93. The summed E-state index contributed by atoms with van der Waals surface area (Å²) in [5.41, 5.74) is 1.96. The van der Waals surface area contributed by atoms with Gasteiger partial charge in [-0.25, -0.2) is 0 Å². The largest absolute Gasteiger partial charge is 0.490 e. The van der Waals surface area contributed by atoms with Crippen LogP contribution < -0.4 is 9.47 Å². The molecule has 1 fully saturated rings. The third kappa shape index (κ3) is 4.16. The van der Waals surface area contributed by atoms with Gasteiger partial charge in [0.2, 0.25) is 0 Å². The van der Waals surface area contributed by atoms with Gasteiger partial charge in [0.15, 0.2) is 17.2 Å². The SMILES string of the molecule is CCOc1cc(CN(C(=O)c2n[nH]c3ccccc23)C2CC2)ccc1OC(F)F. The van der Waals surface area contributed by atoms with E-state index in [1.807, 2.05) is 24.3 Å². The molecule has 0 spiro atoms. The maximum absolute atomic E-state index is 13.2. The highest BCUT2D eigenvalue weighted by Crippen LogP contribution is 2.34. The van der Waals surface area contributed by atoms with E-state index in [1.54, 1.807) is 24.0 Å². The Hall–Kier alpha value is -3.16. The van der Waals surface area contributed by atoms with Crippen LogP contribution in [0.3, 0.4) is 0 Å². The van der Waals surface area contributed by atoms with Crippen molar-refractivity contribution in [3.05, 3.63) is 53.7 Å². The number of benzene rings is 2. The third-order valence-electron chi connectivity index (χ3n) is 4.80. The Kier molecular flexibility index (Phi) is 5.33. The number of alkyl halides is 2. The second kappa shape index (κ2) is 8.06. The van der Waals surface area contributed by atoms with Crippen molar-refractivity contribution in [2.45, 2.75) is 39.0 Å². The van der Waals surface area contributed by atoms with Crippen molar-refractivity contribution in [3.8, 4) is 11.5 Å². The van der Waals surface area contributed by atoms with Gasteiger partial charge in [-0.1, -0.05) is 24.3 Å². The Bertz CT molecular complexity index is 1020. The van der Waals surface area contributed by atoms with Crippen molar-refractivity contribution < 1.29 is 23.0 Å². The van der Waals surface area contributed by atoms with Crippen molar-refractivity contribution in [2.24, 2.45) is 0 Å². The average Bonchev–Trinajstić information content (AvgIpc) is 3.45. The number of aromatic nitrogens is 2. The molecule has 0 radical (unpaired) electrons. The smallest absolute Gasteiger partial charge is 0.387 e. The summed E-state index contributed by atoms with van der Waals surface area (Å²) in [5.74, 6) is 0.0581. The highest BCUT2D eigenvalue weighted by atomic mass is 19.3. The average molecular weight is 401 g/mol. The van der Waals surface area contributed by atoms with Crippen LogP contribution in [0.1, 0.15) is 35.8 Å². The molecule has 0 bridgehead atoms. The molecule has 1 heterocycles. The van der Waals surface area contributed by atoms with Crippen LogP contribution in [0.4, 0.5) is 8.78 Å². The van der Waals surface area contributed by atoms with Gasteiger partial charge in [-0.3, -0.25) is 9.89 Å². The van der Waals surface area contributed by atoms with E-state index in [-0.39, 0.29) is 23.4 Å². The molecule has 0 aliphatic heterocycles. The highest BCUT2D eigenvalue weighted by molar-refractivity contribution is 6.04. The number of halogens is 2. The molecular weight excluding hydrogens is 380 g/mol. The minimum absolute atomic E-state index is 0.0202. The maximum Gasteiger partial charge on any atom is 0.387 e. The lowest BCUT2D eigenvalue weighted by Gasteiger charge is -2.22. The van der Waals surface area contributed by atoms with Gasteiger partial charge in [-0.05, 0) is 43.5 Å². The van der Waals surface area contributed by atoms with Crippen molar-refractivity contribution in [1.82, 2.24) is 15.1 Å². The van der Waals surface area contributed by atoms with Gasteiger partial charge in [-0.2, -0.15) is 13.9 Å². The topological polar surface area (TPSA) is 67.5 Å². The normalized spacial score (nSPS) is 13.7. The Balaban J connectivity index is 1.60. The summed E-state index contributed by atoms with van der Waals surface area (Å²) in [6, 6.07) is 12.4. The molecule has 8 heteroatoms. The molecule has 0 atom stereocenters. The van der Waals surface area contributed by atoms with Gasteiger partial charge in [-0.15, -0.1) is 0 Å². The molecule has 0 unspecified atom stereocenters. The van der Waals surface area contributed by atoms with E-state index in [2.05, 4.69) is 14.9 Å². The van der Waals surface area contributed by atoms with Crippen molar-refractivity contribution >= 4 is 16.8 Å². The molecule has 0 saturated heterocycles. The summed E-state index contributed by atoms with van der Waals surface area (Å²) in [4.78, 5) is 15.0. The maximum atomic E-state index is 13.2. The van der Waals surface area contributed by atoms with Crippen LogP contribution in [-0.4, -0.2) is 40.3 Å².